The summed E-state index contributed by atoms with van der Waals surface area (Å²) in [4.78, 5) is 14.7. The number of carbonyl (C=O) groups excluding carboxylic acids is 1. The third-order valence-corrected chi connectivity index (χ3v) is 4.88. The molecule has 1 aromatic rings. The van der Waals surface area contributed by atoms with Crippen LogP contribution in [0.3, 0.4) is 0 Å². The largest absolute Gasteiger partial charge is 0.366 e. The molecule has 2 aliphatic rings. The molecule has 2 aliphatic heterocycles. The molecule has 0 radical (unpaired) electrons. The van der Waals surface area contributed by atoms with Crippen molar-refractivity contribution in [3.05, 3.63) is 35.4 Å². The second-order valence-electron chi connectivity index (χ2n) is 6.36. The van der Waals surface area contributed by atoms with Gasteiger partial charge < -0.3 is 15.4 Å². The van der Waals surface area contributed by atoms with Crippen molar-refractivity contribution < 1.29 is 9.53 Å². The first-order chi connectivity index (χ1) is 11.3. The average molecular weight is 317 g/mol. The van der Waals surface area contributed by atoms with E-state index in [0.29, 0.717) is 25.7 Å². The van der Waals surface area contributed by atoms with Crippen LogP contribution < -0.4 is 10.6 Å². The third kappa shape index (κ3) is 4.10. The molecule has 0 aliphatic carbocycles. The van der Waals surface area contributed by atoms with Gasteiger partial charge in [0, 0.05) is 38.8 Å². The Morgan fingerprint density at radius 1 is 1.43 bits per heavy atom. The van der Waals surface area contributed by atoms with Gasteiger partial charge in [-0.15, -0.1) is 0 Å². The maximum absolute atomic E-state index is 12.2. The van der Waals surface area contributed by atoms with Crippen molar-refractivity contribution in [2.75, 3.05) is 32.8 Å². The van der Waals surface area contributed by atoms with Crippen LogP contribution in [-0.2, 0) is 22.5 Å². The van der Waals surface area contributed by atoms with Crippen LogP contribution >= 0.6 is 0 Å². The summed E-state index contributed by atoms with van der Waals surface area (Å²) in [5.74, 6) is 0.00746. The molecule has 3 rings (SSSR count). The molecule has 1 aromatic carbocycles. The third-order valence-electron chi connectivity index (χ3n) is 4.88. The monoisotopic (exact) mass is 317 g/mol. The van der Waals surface area contributed by atoms with Gasteiger partial charge in [0.2, 0.25) is 0 Å². The summed E-state index contributed by atoms with van der Waals surface area (Å²) in [6.07, 6.45) is 1.78. The Morgan fingerprint density at radius 2 is 2.26 bits per heavy atom. The lowest BCUT2D eigenvalue weighted by molar-refractivity contribution is -0.134. The van der Waals surface area contributed by atoms with E-state index in [1.54, 1.807) is 0 Å². The number of hydrogen-bond acceptors (Lipinski definition) is 4. The lowest BCUT2D eigenvalue weighted by Gasteiger charge is -2.35. The maximum atomic E-state index is 12.2. The Balaban J connectivity index is 1.53. The number of carbonyl (C=O) groups is 1. The Hall–Kier alpha value is -1.43. The Morgan fingerprint density at radius 3 is 3.00 bits per heavy atom. The van der Waals surface area contributed by atoms with Crippen molar-refractivity contribution in [2.45, 2.75) is 38.5 Å². The van der Waals surface area contributed by atoms with E-state index in [1.165, 1.54) is 11.1 Å². The number of ether oxygens (including phenoxy) is 1. The Kier molecular flexibility index (Phi) is 5.65. The van der Waals surface area contributed by atoms with E-state index >= 15 is 0 Å². The number of amides is 1. The molecule has 2 heterocycles. The quantitative estimate of drug-likeness (QED) is 0.848. The summed E-state index contributed by atoms with van der Waals surface area (Å²) >= 11 is 0. The topological polar surface area (TPSA) is 53.6 Å². The summed E-state index contributed by atoms with van der Waals surface area (Å²) < 4.78 is 5.51. The first-order valence-electron chi connectivity index (χ1n) is 8.68. The molecule has 0 aromatic heterocycles. The van der Waals surface area contributed by atoms with Crippen LogP contribution in [0.25, 0.3) is 0 Å². The normalized spacial score (nSPS) is 23.1. The van der Waals surface area contributed by atoms with Crippen LogP contribution in [0.15, 0.2) is 24.3 Å². The lowest BCUT2D eigenvalue weighted by Crippen LogP contribution is -2.51. The summed E-state index contributed by atoms with van der Waals surface area (Å²) in [6.45, 7) is 6.97. The number of nitrogens with zero attached hydrogens (tertiary/aromatic N) is 1. The predicted molar refractivity (Wildman–Crippen MR) is 90.3 cm³/mol. The average Bonchev–Trinajstić information content (AvgIpc) is 2.62. The molecule has 0 spiro atoms. The van der Waals surface area contributed by atoms with Gasteiger partial charge in [0.05, 0.1) is 6.61 Å². The highest BCUT2D eigenvalue weighted by Crippen LogP contribution is 2.21. The van der Waals surface area contributed by atoms with Gasteiger partial charge in [-0.3, -0.25) is 9.69 Å². The minimum Gasteiger partial charge on any atom is -0.366 e. The van der Waals surface area contributed by atoms with Crippen molar-refractivity contribution in [1.82, 2.24) is 15.5 Å². The highest BCUT2D eigenvalue weighted by Gasteiger charge is 2.25. The van der Waals surface area contributed by atoms with Crippen LogP contribution in [0.2, 0.25) is 0 Å². The van der Waals surface area contributed by atoms with Crippen LogP contribution in [0.5, 0.6) is 0 Å². The molecule has 5 nitrogen and oxygen atoms in total. The fraction of sp³-hybridized carbons (Fsp3) is 0.611. The minimum atomic E-state index is -0.344. The van der Waals surface area contributed by atoms with Gasteiger partial charge in [0.1, 0.15) is 6.10 Å². The van der Waals surface area contributed by atoms with Crippen molar-refractivity contribution in [3.63, 3.8) is 0 Å². The standard InChI is InChI=1S/C18H27N3O2/c1-2-16(11-20-18(22)17-12-19-8-10-23-17)21-9-7-14-5-3-4-6-15(14)13-21/h3-6,16-17,19H,2,7-13H2,1H3,(H,20,22). The fourth-order valence-electron chi connectivity index (χ4n) is 3.43. The van der Waals surface area contributed by atoms with E-state index in [-0.39, 0.29) is 12.0 Å². The smallest absolute Gasteiger partial charge is 0.250 e. The zero-order chi connectivity index (χ0) is 16.1. The summed E-state index contributed by atoms with van der Waals surface area (Å²) in [6, 6.07) is 9.05. The van der Waals surface area contributed by atoms with E-state index in [0.717, 1.165) is 32.5 Å². The predicted octanol–water partition coefficient (Wildman–Crippen LogP) is 0.928. The fourth-order valence-corrected chi connectivity index (χ4v) is 3.43. The maximum Gasteiger partial charge on any atom is 0.250 e. The minimum absolute atomic E-state index is 0.00746. The zero-order valence-corrected chi connectivity index (χ0v) is 13.9. The van der Waals surface area contributed by atoms with E-state index in [1.807, 2.05) is 0 Å². The van der Waals surface area contributed by atoms with Crippen molar-refractivity contribution >= 4 is 5.91 Å². The first kappa shape index (κ1) is 16.4. The molecular formula is C18H27N3O2. The number of morpholine rings is 1. The SMILES string of the molecule is CCC(CNC(=O)C1CNCCO1)N1CCc2ccccc2C1. The van der Waals surface area contributed by atoms with Crippen LogP contribution in [0, 0.1) is 0 Å². The van der Waals surface area contributed by atoms with Gasteiger partial charge in [-0.25, -0.2) is 0 Å². The molecule has 2 N–H and O–H groups in total. The number of nitrogens with one attached hydrogen (secondary N) is 2. The molecule has 1 fully saturated rings. The Bertz CT molecular complexity index is 529. The van der Waals surface area contributed by atoms with E-state index < -0.39 is 0 Å². The van der Waals surface area contributed by atoms with Gasteiger partial charge in [0.25, 0.3) is 5.91 Å². The van der Waals surface area contributed by atoms with Crippen LogP contribution in [0.1, 0.15) is 24.5 Å². The van der Waals surface area contributed by atoms with Crippen LogP contribution in [0.4, 0.5) is 0 Å². The van der Waals surface area contributed by atoms with Gasteiger partial charge in [0.15, 0.2) is 0 Å². The van der Waals surface area contributed by atoms with E-state index in [4.69, 9.17) is 4.74 Å². The van der Waals surface area contributed by atoms with Gasteiger partial charge in [-0.2, -0.15) is 0 Å². The highest BCUT2D eigenvalue weighted by atomic mass is 16.5. The molecule has 126 valence electrons. The number of rotatable bonds is 5. The summed E-state index contributed by atoms with van der Waals surface area (Å²) in [7, 11) is 0. The van der Waals surface area contributed by atoms with Crippen LogP contribution in [-0.4, -0.2) is 55.7 Å². The number of hydrogen-bond donors (Lipinski definition) is 2. The molecular weight excluding hydrogens is 290 g/mol. The van der Waals surface area contributed by atoms with Gasteiger partial charge >= 0.3 is 0 Å². The van der Waals surface area contributed by atoms with E-state index in [2.05, 4.69) is 46.7 Å². The molecule has 2 unspecified atom stereocenters. The van der Waals surface area contributed by atoms with E-state index in [9.17, 15) is 4.79 Å². The second-order valence-corrected chi connectivity index (χ2v) is 6.36. The highest BCUT2D eigenvalue weighted by molar-refractivity contribution is 5.81. The number of fused-ring (bicyclic) bond motifs is 1. The van der Waals surface area contributed by atoms with Crippen molar-refractivity contribution in [1.29, 1.82) is 0 Å². The van der Waals surface area contributed by atoms with Crippen molar-refractivity contribution in [3.8, 4) is 0 Å². The number of benzene rings is 1. The van der Waals surface area contributed by atoms with Gasteiger partial charge in [-0.1, -0.05) is 31.2 Å². The molecule has 0 bridgehead atoms. The molecule has 2 atom stereocenters. The molecule has 1 saturated heterocycles. The van der Waals surface area contributed by atoms with Gasteiger partial charge in [-0.05, 0) is 24.0 Å². The summed E-state index contributed by atoms with van der Waals surface area (Å²) in [5.41, 5.74) is 2.88. The molecule has 1 amide bonds. The molecule has 5 heteroatoms. The molecule has 0 saturated carbocycles. The molecule has 23 heavy (non-hydrogen) atoms. The Labute approximate surface area is 138 Å². The zero-order valence-electron chi connectivity index (χ0n) is 13.9. The van der Waals surface area contributed by atoms with Crippen molar-refractivity contribution in [2.24, 2.45) is 0 Å². The first-order valence-corrected chi connectivity index (χ1v) is 8.68. The summed E-state index contributed by atoms with van der Waals surface area (Å²) in [5, 5.41) is 6.27. The lowest BCUT2D eigenvalue weighted by atomic mass is 9.98. The second kappa shape index (κ2) is 7.90.